The van der Waals surface area contributed by atoms with E-state index in [0.717, 1.165) is 31.2 Å². The summed E-state index contributed by atoms with van der Waals surface area (Å²) in [5.74, 6) is 0.319. The first kappa shape index (κ1) is 21.1. The van der Waals surface area contributed by atoms with Crippen molar-refractivity contribution < 1.29 is 14.3 Å². The number of nitrogens with one attached hydrogen (secondary N) is 2. The van der Waals surface area contributed by atoms with Gasteiger partial charge in [-0.2, -0.15) is 0 Å². The van der Waals surface area contributed by atoms with Crippen LogP contribution in [0.2, 0.25) is 0 Å². The Morgan fingerprint density at radius 3 is 2.39 bits per heavy atom. The van der Waals surface area contributed by atoms with Crippen LogP contribution in [-0.2, 0) is 10.2 Å². The van der Waals surface area contributed by atoms with Crippen molar-refractivity contribution in [1.29, 1.82) is 0 Å². The van der Waals surface area contributed by atoms with Crippen molar-refractivity contribution in [3.63, 3.8) is 0 Å². The summed E-state index contributed by atoms with van der Waals surface area (Å²) >= 11 is 1.38. The average Bonchev–Trinajstić information content (AvgIpc) is 3.48. The quantitative estimate of drug-likeness (QED) is 0.518. The predicted octanol–water partition coefficient (Wildman–Crippen LogP) is 5.77. The van der Waals surface area contributed by atoms with Gasteiger partial charge in [0, 0.05) is 11.8 Å². The fourth-order valence-corrected chi connectivity index (χ4v) is 4.83. The van der Waals surface area contributed by atoms with Crippen LogP contribution in [0.4, 0.5) is 11.4 Å². The van der Waals surface area contributed by atoms with Crippen molar-refractivity contribution in [2.24, 2.45) is 0 Å². The number of methoxy groups -OCH3 is 1. The Bertz CT molecular complexity index is 1070. The maximum atomic E-state index is 13.4. The maximum Gasteiger partial charge on any atom is 0.265 e. The molecule has 1 aliphatic rings. The zero-order valence-corrected chi connectivity index (χ0v) is 18.6. The summed E-state index contributed by atoms with van der Waals surface area (Å²) in [6.45, 7) is 2.05. The highest BCUT2D eigenvalue weighted by molar-refractivity contribution is 7.12. The lowest BCUT2D eigenvalue weighted by Gasteiger charge is -2.28. The number of aryl methyl sites for hydroxylation is 1. The highest BCUT2D eigenvalue weighted by atomic mass is 32.1. The average molecular weight is 435 g/mol. The highest BCUT2D eigenvalue weighted by Crippen LogP contribution is 2.42. The van der Waals surface area contributed by atoms with Crippen molar-refractivity contribution in [3.05, 3.63) is 76.0 Å². The monoisotopic (exact) mass is 434 g/mol. The van der Waals surface area contributed by atoms with E-state index >= 15 is 0 Å². The lowest BCUT2D eigenvalue weighted by molar-refractivity contribution is -0.121. The fourth-order valence-electron chi connectivity index (χ4n) is 4.21. The molecule has 1 aliphatic carbocycles. The molecule has 4 rings (SSSR count). The summed E-state index contributed by atoms with van der Waals surface area (Å²) in [5, 5.41) is 7.82. The van der Waals surface area contributed by atoms with Crippen LogP contribution in [0, 0.1) is 6.92 Å². The Morgan fingerprint density at radius 1 is 1.00 bits per heavy atom. The van der Waals surface area contributed by atoms with Crippen molar-refractivity contribution in [3.8, 4) is 5.75 Å². The van der Waals surface area contributed by atoms with Crippen LogP contribution in [0.25, 0.3) is 0 Å². The van der Waals surface area contributed by atoms with Crippen LogP contribution in [0.1, 0.15) is 46.5 Å². The van der Waals surface area contributed by atoms with Gasteiger partial charge in [-0.25, -0.2) is 0 Å². The predicted molar refractivity (Wildman–Crippen MR) is 125 cm³/mol. The summed E-state index contributed by atoms with van der Waals surface area (Å²) in [6.07, 6.45) is 3.76. The number of thiophene rings is 1. The van der Waals surface area contributed by atoms with Crippen LogP contribution in [0.15, 0.2) is 60.0 Å². The molecule has 0 bridgehead atoms. The molecule has 1 aromatic heterocycles. The molecule has 31 heavy (non-hydrogen) atoms. The number of carbonyl (C=O) groups is 2. The Balaban J connectivity index is 1.54. The molecule has 0 unspecified atom stereocenters. The van der Waals surface area contributed by atoms with E-state index in [9.17, 15) is 9.59 Å². The number of carbonyl (C=O) groups excluding carboxylic acids is 2. The van der Waals surface area contributed by atoms with Gasteiger partial charge in [0.05, 0.1) is 23.1 Å². The SMILES string of the molecule is COc1cc(NC(=O)C2(c3ccc(C)cc3)CCCC2)ccc1NC(=O)c1cccs1. The van der Waals surface area contributed by atoms with Crippen LogP contribution < -0.4 is 15.4 Å². The first-order chi connectivity index (χ1) is 15.0. The third-order valence-corrected chi connectivity index (χ3v) is 6.82. The molecule has 2 amide bonds. The molecule has 1 heterocycles. The molecule has 2 N–H and O–H groups in total. The van der Waals surface area contributed by atoms with Gasteiger partial charge in [0.25, 0.3) is 5.91 Å². The van der Waals surface area contributed by atoms with E-state index < -0.39 is 5.41 Å². The Labute approximate surface area is 186 Å². The molecule has 0 aliphatic heterocycles. The number of ether oxygens (including phenoxy) is 1. The summed E-state index contributed by atoms with van der Waals surface area (Å²) in [6, 6.07) is 17.2. The van der Waals surface area contributed by atoms with E-state index in [1.807, 2.05) is 11.4 Å². The summed E-state index contributed by atoms with van der Waals surface area (Å²) < 4.78 is 5.47. The van der Waals surface area contributed by atoms with Gasteiger partial charge >= 0.3 is 0 Å². The molecule has 3 aromatic rings. The molecule has 0 saturated heterocycles. The Hall–Kier alpha value is -3.12. The van der Waals surface area contributed by atoms with Crippen molar-refractivity contribution in [2.75, 3.05) is 17.7 Å². The normalized spacial score (nSPS) is 14.8. The number of rotatable bonds is 6. The van der Waals surface area contributed by atoms with Gasteiger partial charge in [0.15, 0.2) is 0 Å². The van der Waals surface area contributed by atoms with Crippen LogP contribution in [0.5, 0.6) is 5.75 Å². The first-order valence-electron chi connectivity index (χ1n) is 10.4. The third-order valence-electron chi connectivity index (χ3n) is 5.95. The minimum atomic E-state index is -0.507. The molecular formula is C25H26N2O3S. The zero-order valence-electron chi connectivity index (χ0n) is 17.7. The number of hydrogen-bond donors (Lipinski definition) is 2. The molecule has 6 heteroatoms. The third kappa shape index (κ3) is 4.35. The fraction of sp³-hybridized carbons (Fsp3) is 0.280. The van der Waals surface area contributed by atoms with Gasteiger partial charge in [-0.15, -0.1) is 11.3 Å². The molecule has 0 radical (unpaired) electrons. The molecule has 1 saturated carbocycles. The van der Waals surface area contributed by atoms with Crippen molar-refractivity contribution >= 4 is 34.5 Å². The Morgan fingerprint density at radius 2 is 1.74 bits per heavy atom. The van der Waals surface area contributed by atoms with Crippen LogP contribution in [0.3, 0.4) is 0 Å². The maximum absolute atomic E-state index is 13.4. The van der Waals surface area contributed by atoms with Gasteiger partial charge in [-0.3, -0.25) is 9.59 Å². The van der Waals surface area contributed by atoms with E-state index in [-0.39, 0.29) is 11.8 Å². The zero-order chi connectivity index (χ0) is 21.8. The number of benzene rings is 2. The van der Waals surface area contributed by atoms with Crippen LogP contribution in [-0.4, -0.2) is 18.9 Å². The highest BCUT2D eigenvalue weighted by Gasteiger charge is 2.42. The van der Waals surface area contributed by atoms with Gasteiger partial charge < -0.3 is 15.4 Å². The molecule has 160 valence electrons. The molecule has 0 atom stereocenters. The molecule has 5 nitrogen and oxygen atoms in total. The van der Waals surface area contributed by atoms with E-state index in [1.54, 1.807) is 31.4 Å². The lowest BCUT2D eigenvalue weighted by Crippen LogP contribution is -2.38. The minimum Gasteiger partial charge on any atom is -0.494 e. The largest absolute Gasteiger partial charge is 0.494 e. The molecular weight excluding hydrogens is 408 g/mol. The van der Waals surface area contributed by atoms with Gasteiger partial charge in [-0.05, 0) is 48.9 Å². The number of amides is 2. The minimum absolute atomic E-state index is 0.00581. The van der Waals surface area contributed by atoms with Crippen LogP contribution >= 0.6 is 11.3 Å². The van der Waals surface area contributed by atoms with E-state index in [2.05, 4.69) is 41.8 Å². The molecule has 1 fully saturated rings. The number of anilines is 2. The standard InChI is InChI=1S/C25H26N2O3S/c1-17-7-9-18(10-8-17)25(13-3-4-14-25)24(29)26-19-11-12-20(21(16-19)30-2)27-23(28)22-6-5-15-31-22/h5-12,15-16H,3-4,13-14H2,1-2H3,(H,26,29)(H,27,28). The van der Waals surface area contributed by atoms with Gasteiger partial charge in [0.1, 0.15) is 5.75 Å². The Kier molecular flexibility index (Phi) is 6.09. The first-order valence-corrected chi connectivity index (χ1v) is 11.3. The smallest absolute Gasteiger partial charge is 0.265 e. The van der Waals surface area contributed by atoms with Crippen molar-refractivity contribution in [1.82, 2.24) is 0 Å². The van der Waals surface area contributed by atoms with E-state index in [1.165, 1.54) is 16.9 Å². The topological polar surface area (TPSA) is 67.4 Å². The second-order valence-corrected chi connectivity index (χ2v) is 8.90. The van der Waals surface area contributed by atoms with E-state index in [0.29, 0.717) is 22.0 Å². The second-order valence-electron chi connectivity index (χ2n) is 7.96. The van der Waals surface area contributed by atoms with Gasteiger partial charge in [-0.1, -0.05) is 48.7 Å². The van der Waals surface area contributed by atoms with E-state index in [4.69, 9.17) is 4.74 Å². The summed E-state index contributed by atoms with van der Waals surface area (Å²) in [4.78, 5) is 26.4. The molecule has 0 spiro atoms. The van der Waals surface area contributed by atoms with Crippen molar-refractivity contribution in [2.45, 2.75) is 38.0 Å². The lowest BCUT2D eigenvalue weighted by atomic mass is 9.77. The van der Waals surface area contributed by atoms with Gasteiger partial charge in [0.2, 0.25) is 5.91 Å². The summed E-state index contributed by atoms with van der Waals surface area (Å²) in [7, 11) is 1.55. The summed E-state index contributed by atoms with van der Waals surface area (Å²) in [5.41, 5.74) is 2.96. The second kappa shape index (κ2) is 8.94. The molecule has 2 aromatic carbocycles. The number of hydrogen-bond acceptors (Lipinski definition) is 4.